The molecule has 2 aliphatic rings. The summed E-state index contributed by atoms with van der Waals surface area (Å²) >= 11 is 0. The number of H-pyrrole nitrogens is 1. The lowest BCUT2D eigenvalue weighted by atomic mass is 9.91. The lowest BCUT2D eigenvalue weighted by Gasteiger charge is -2.26. The third-order valence-electron chi connectivity index (χ3n) is 6.45. The van der Waals surface area contributed by atoms with E-state index in [9.17, 15) is 13.2 Å². The third-order valence-corrected chi connectivity index (χ3v) is 6.45. The maximum atomic E-state index is 12.9. The van der Waals surface area contributed by atoms with Crippen LogP contribution in [0.5, 0.6) is 0 Å². The molecule has 190 valence electrons. The summed E-state index contributed by atoms with van der Waals surface area (Å²) in [5.74, 6) is 1.58. The molecule has 10 heteroatoms. The first-order valence-corrected chi connectivity index (χ1v) is 12.0. The number of nitrogens with one attached hydrogen (secondary N) is 2. The zero-order valence-electron chi connectivity index (χ0n) is 20.0. The first kappa shape index (κ1) is 25.6. The van der Waals surface area contributed by atoms with Crippen molar-refractivity contribution in [3.8, 4) is 0 Å². The highest BCUT2D eigenvalue weighted by Gasteiger charge is 2.31. The SMILES string of the molecule is C=C/C(=C\C=C(/C=C)N1CC(C2CCNCC2)N=N1)c1n[nH]c(CCc2cccc(C(F)(F)F)c2)n1. The van der Waals surface area contributed by atoms with Gasteiger partial charge in [-0.2, -0.15) is 23.4 Å². The van der Waals surface area contributed by atoms with Gasteiger partial charge in [-0.3, -0.25) is 5.10 Å². The fourth-order valence-corrected chi connectivity index (χ4v) is 4.38. The maximum Gasteiger partial charge on any atom is 0.416 e. The Hall–Kier alpha value is -3.53. The van der Waals surface area contributed by atoms with Gasteiger partial charge in [0.1, 0.15) is 5.82 Å². The van der Waals surface area contributed by atoms with E-state index in [4.69, 9.17) is 0 Å². The molecule has 0 saturated carbocycles. The molecule has 4 rings (SSSR count). The van der Waals surface area contributed by atoms with Gasteiger partial charge in [-0.15, -0.1) is 0 Å². The highest BCUT2D eigenvalue weighted by atomic mass is 19.4. The molecule has 0 amide bonds. The van der Waals surface area contributed by atoms with Crippen molar-refractivity contribution in [2.45, 2.75) is 37.9 Å². The van der Waals surface area contributed by atoms with E-state index in [0.717, 1.165) is 44.2 Å². The molecule has 0 bridgehead atoms. The van der Waals surface area contributed by atoms with Crippen molar-refractivity contribution in [2.24, 2.45) is 16.3 Å². The summed E-state index contributed by atoms with van der Waals surface area (Å²) in [4.78, 5) is 4.50. The lowest BCUT2D eigenvalue weighted by Crippen LogP contribution is -2.35. The predicted octanol–water partition coefficient (Wildman–Crippen LogP) is 5.30. The van der Waals surface area contributed by atoms with Crippen LogP contribution in [0.4, 0.5) is 13.2 Å². The number of alkyl halides is 3. The number of benzene rings is 1. The number of hydrogen-bond donors (Lipinski definition) is 2. The summed E-state index contributed by atoms with van der Waals surface area (Å²) in [7, 11) is 0. The predicted molar refractivity (Wildman–Crippen MR) is 133 cm³/mol. The van der Waals surface area contributed by atoms with E-state index in [1.807, 2.05) is 17.2 Å². The first-order valence-electron chi connectivity index (χ1n) is 12.0. The molecule has 7 nitrogen and oxygen atoms in total. The second kappa shape index (κ2) is 11.5. The van der Waals surface area contributed by atoms with Crippen LogP contribution in [-0.4, -0.2) is 45.9 Å². The normalized spacial score (nSPS) is 19.6. The average Bonchev–Trinajstić information content (AvgIpc) is 3.56. The first-order chi connectivity index (χ1) is 17.4. The van der Waals surface area contributed by atoms with Crippen molar-refractivity contribution in [3.63, 3.8) is 0 Å². The monoisotopic (exact) mass is 497 g/mol. The topological polar surface area (TPSA) is 81.6 Å². The molecule has 2 aliphatic heterocycles. The highest BCUT2D eigenvalue weighted by Crippen LogP contribution is 2.30. The van der Waals surface area contributed by atoms with Gasteiger partial charge in [-0.05, 0) is 68.1 Å². The second-order valence-electron chi connectivity index (χ2n) is 8.87. The number of hydrogen-bond acceptors (Lipinski definition) is 6. The summed E-state index contributed by atoms with van der Waals surface area (Å²) in [6.45, 7) is 10.5. The van der Waals surface area contributed by atoms with Crippen LogP contribution in [0.25, 0.3) is 5.57 Å². The van der Waals surface area contributed by atoms with E-state index in [1.54, 1.807) is 18.2 Å². The van der Waals surface area contributed by atoms with E-state index in [-0.39, 0.29) is 6.04 Å². The van der Waals surface area contributed by atoms with Gasteiger partial charge in [0.2, 0.25) is 0 Å². The second-order valence-corrected chi connectivity index (χ2v) is 8.87. The molecule has 0 radical (unpaired) electrons. The summed E-state index contributed by atoms with van der Waals surface area (Å²) in [5.41, 5.74) is 1.44. The minimum atomic E-state index is -4.36. The number of nitrogens with zero attached hydrogens (tertiary/aromatic N) is 5. The van der Waals surface area contributed by atoms with Gasteiger partial charge in [-0.1, -0.05) is 42.7 Å². The van der Waals surface area contributed by atoms with Crippen LogP contribution in [-0.2, 0) is 19.0 Å². The van der Waals surface area contributed by atoms with E-state index >= 15 is 0 Å². The number of aromatic nitrogens is 3. The summed E-state index contributed by atoms with van der Waals surface area (Å²) in [6.07, 6.45) is 5.80. The Morgan fingerprint density at radius 3 is 2.64 bits per heavy atom. The average molecular weight is 498 g/mol. The molecule has 1 aromatic carbocycles. The number of allylic oxidation sites excluding steroid dienone is 5. The quantitative estimate of drug-likeness (QED) is 0.461. The molecule has 2 N–H and O–H groups in total. The molecule has 36 heavy (non-hydrogen) atoms. The Kier molecular flexibility index (Phi) is 8.14. The molecule has 0 aliphatic carbocycles. The van der Waals surface area contributed by atoms with Crippen molar-refractivity contribution in [1.29, 1.82) is 0 Å². The number of aromatic amines is 1. The Bertz CT molecular complexity index is 1160. The summed E-state index contributed by atoms with van der Waals surface area (Å²) in [6, 6.07) is 5.51. The van der Waals surface area contributed by atoms with Crippen LogP contribution in [0.1, 0.15) is 35.6 Å². The zero-order valence-corrected chi connectivity index (χ0v) is 20.0. The Balaban J connectivity index is 1.39. The minimum Gasteiger partial charge on any atom is -0.317 e. The molecule has 1 saturated heterocycles. The van der Waals surface area contributed by atoms with Crippen LogP contribution in [0.2, 0.25) is 0 Å². The molecule has 1 unspecified atom stereocenters. The van der Waals surface area contributed by atoms with Crippen molar-refractivity contribution in [3.05, 3.63) is 90.2 Å². The molecule has 2 aromatic rings. The van der Waals surface area contributed by atoms with Crippen molar-refractivity contribution in [2.75, 3.05) is 19.6 Å². The van der Waals surface area contributed by atoms with Gasteiger partial charge < -0.3 is 5.32 Å². The van der Waals surface area contributed by atoms with Gasteiger partial charge in [0.05, 0.1) is 23.8 Å². The third kappa shape index (κ3) is 6.37. The van der Waals surface area contributed by atoms with Crippen LogP contribution < -0.4 is 5.32 Å². The van der Waals surface area contributed by atoms with Crippen LogP contribution >= 0.6 is 0 Å². The minimum absolute atomic E-state index is 0.186. The van der Waals surface area contributed by atoms with Gasteiger partial charge in [0.15, 0.2) is 5.82 Å². The number of halogens is 3. The van der Waals surface area contributed by atoms with Gasteiger partial charge in [0, 0.05) is 12.0 Å². The largest absolute Gasteiger partial charge is 0.416 e. The van der Waals surface area contributed by atoms with Crippen molar-refractivity contribution < 1.29 is 13.2 Å². The maximum absolute atomic E-state index is 12.9. The highest BCUT2D eigenvalue weighted by molar-refractivity contribution is 5.70. The van der Waals surface area contributed by atoms with E-state index in [2.05, 4.69) is 44.0 Å². The number of aryl methyl sites for hydroxylation is 2. The van der Waals surface area contributed by atoms with Gasteiger partial charge in [0.25, 0.3) is 0 Å². The van der Waals surface area contributed by atoms with Gasteiger partial charge in [-0.25, -0.2) is 9.99 Å². The molecular formula is C26H30F3N7. The van der Waals surface area contributed by atoms with Crippen molar-refractivity contribution >= 4 is 5.57 Å². The molecule has 1 aromatic heterocycles. The Labute approximate surface area is 208 Å². The standard InChI is InChI=1S/C26H30F3N7/c1-3-19(9-10-22(4-2)36-17-23(32-35-36)20-12-14-30-15-13-20)25-31-24(33-34-25)11-8-18-6-5-7-21(16-18)26(27,28)29/h3-7,9-10,16,20,23,30H,1-2,8,11-15,17H2,(H,31,33,34)/b19-9+,22-10+. The Morgan fingerprint density at radius 1 is 1.11 bits per heavy atom. The van der Waals surface area contributed by atoms with E-state index in [0.29, 0.717) is 41.5 Å². The molecule has 1 fully saturated rings. The van der Waals surface area contributed by atoms with E-state index < -0.39 is 11.7 Å². The van der Waals surface area contributed by atoms with Crippen LogP contribution in [0.15, 0.2) is 77.8 Å². The molecular weight excluding hydrogens is 467 g/mol. The van der Waals surface area contributed by atoms with E-state index in [1.165, 1.54) is 12.1 Å². The van der Waals surface area contributed by atoms with Crippen molar-refractivity contribution in [1.82, 2.24) is 25.5 Å². The number of rotatable bonds is 9. The Morgan fingerprint density at radius 2 is 1.92 bits per heavy atom. The lowest BCUT2D eigenvalue weighted by molar-refractivity contribution is -0.137. The zero-order chi connectivity index (χ0) is 25.5. The molecule has 3 heterocycles. The number of piperidine rings is 1. The summed E-state index contributed by atoms with van der Waals surface area (Å²) < 4.78 is 38.8. The summed E-state index contributed by atoms with van der Waals surface area (Å²) in [5, 5.41) is 21.2. The fraction of sp³-hybridized carbons (Fsp3) is 0.385. The van der Waals surface area contributed by atoms with Crippen LogP contribution in [0.3, 0.4) is 0 Å². The fourth-order valence-electron chi connectivity index (χ4n) is 4.38. The van der Waals surface area contributed by atoms with Gasteiger partial charge >= 0.3 is 6.18 Å². The van der Waals surface area contributed by atoms with Crippen LogP contribution in [0, 0.1) is 5.92 Å². The molecule has 0 spiro atoms. The smallest absolute Gasteiger partial charge is 0.317 e. The molecule has 1 atom stereocenters.